The van der Waals surface area contributed by atoms with Gasteiger partial charge in [0.2, 0.25) is 11.8 Å². The zero-order valence-electron chi connectivity index (χ0n) is 14.0. The van der Waals surface area contributed by atoms with Crippen molar-refractivity contribution in [2.75, 3.05) is 23.0 Å². The van der Waals surface area contributed by atoms with E-state index in [1.807, 2.05) is 0 Å². The second kappa shape index (κ2) is 7.65. The number of hydrogen-bond donors (Lipinski definition) is 1. The molecule has 26 heavy (non-hydrogen) atoms. The molecule has 1 aliphatic heterocycles. The van der Waals surface area contributed by atoms with Crippen LogP contribution in [0.25, 0.3) is 0 Å². The lowest BCUT2D eigenvalue weighted by molar-refractivity contribution is -0.137. The van der Waals surface area contributed by atoms with Crippen LogP contribution in [0.4, 0.5) is 18.9 Å². The Morgan fingerprint density at radius 3 is 2.54 bits per heavy atom. The molecule has 1 aliphatic rings. The number of carbonyl (C=O) groups is 2. The molecule has 0 spiro atoms. The third kappa shape index (κ3) is 5.45. The Morgan fingerprint density at radius 1 is 1.31 bits per heavy atom. The van der Waals surface area contributed by atoms with Crippen molar-refractivity contribution in [3.05, 3.63) is 29.8 Å². The molecular weight excluding hydrogens is 373 g/mol. The first-order valence-corrected chi connectivity index (χ1v) is 9.75. The molecule has 10 heteroatoms. The van der Waals surface area contributed by atoms with Gasteiger partial charge in [-0.1, -0.05) is 6.07 Å². The zero-order valence-corrected chi connectivity index (χ0v) is 14.9. The predicted octanol–water partition coefficient (Wildman–Crippen LogP) is 1.75. The van der Waals surface area contributed by atoms with Crippen molar-refractivity contribution in [1.29, 1.82) is 0 Å². The maximum atomic E-state index is 12.8. The third-order valence-corrected chi connectivity index (χ3v) is 5.79. The van der Waals surface area contributed by atoms with Gasteiger partial charge in [-0.3, -0.25) is 9.59 Å². The van der Waals surface area contributed by atoms with Crippen molar-refractivity contribution in [1.82, 2.24) is 5.32 Å². The molecule has 1 heterocycles. The van der Waals surface area contributed by atoms with Crippen LogP contribution < -0.4 is 10.2 Å². The van der Waals surface area contributed by atoms with Crippen LogP contribution in [0.2, 0.25) is 0 Å². The molecule has 1 aromatic rings. The van der Waals surface area contributed by atoms with Crippen molar-refractivity contribution >= 4 is 27.3 Å². The zero-order chi connectivity index (χ0) is 19.5. The molecule has 6 nitrogen and oxygen atoms in total. The highest BCUT2D eigenvalue weighted by atomic mass is 32.2. The molecule has 2 rings (SSSR count). The quantitative estimate of drug-likeness (QED) is 0.828. The minimum atomic E-state index is -4.54. The van der Waals surface area contributed by atoms with Crippen LogP contribution in [-0.2, 0) is 25.6 Å². The molecule has 0 aliphatic carbocycles. The van der Waals surface area contributed by atoms with Crippen molar-refractivity contribution in [2.24, 2.45) is 0 Å². The Hall–Kier alpha value is -2.10. The summed E-state index contributed by atoms with van der Waals surface area (Å²) < 4.78 is 61.2. The van der Waals surface area contributed by atoms with Gasteiger partial charge in [0.1, 0.15) is 0 Å². The molecule has 1 N–H and O–H groups in total. The number of nitrogens with zero attached hydrogens (tertiary/aromatic N) is 1. The second-order valence-electron chi connectivity index (χ2n) is 6.14. The molecule has 1 aromatic carbocycles. The van der Waals surface area contributed by atoms with E-state index in [9.17, 15) is 31.2 Å². The molecule has 2 amide bonds. The van der Waals surface area contributed by atoms with Gasteiger partial charge in [0.25, 0.3) is 0 Å². The van der Waals surface area contributed by atoms with E-state index < -0.39 is 39.4 Å². The highest BCUT2D eigenvalue weighted by Crippen LogP contribution is 2.31. The van der Waals surface area contributed by atoms with Gasteiger partial charge in [-0.2, -0.15) is 13.2 Å². The van der Waals surface area contributed by atoms with E-state index >= 15 is 0 Å². The average molecular weight is 392 g/mol. The van der Waals surface area contributed by atoms with Crippen LogP contribution in [-0.4, -0.2) is 44.3 Å². The molecule has 1 atom stereocenters. The standard InChI is InChI=1S/C16H19F3N2O4S/c1-11(22)21(14-4-2-3-12(9-14)16(17,18)19)7-5-15(23)20-13-6-8-26(24,25)10-13/h2-4,9,13H,5-8,10H2,1H3,(H,20,23). The summed E-state index contributed by atoms with van der Waals surface area (Å²) in [6, 6.07) is 3.83. The van der Waals surface area contributed by atoms with Crippen molar-refractivity contribution in [3.8, 4) is 0 Å². The smallest absolute Gasteiger partial charge is 0.352 e. The van der Waals surface area contributed by atoms with Crippen molar-refractivity contribution in [2.45, 2.75) is 32.0 Å². The van der Waals surface area contributed by atoms with Crippen LogP contribution in [0, 0.1) is 0 Å². The van der Waals surface area contributed by atoms with E-state index in [1.165, 1.54) is 19.1 Å². The fourth-order valence-corrected chi connectivity index (χ4v) is 4.41. The van der Waals surface area contributed by atoms with Crippen LogP contribution in [0.15, 0.2) is 24.3 Å². The van der Waals surface area contributed by atoms with Gasteiger partial charge in [-0.25, -0.2) is 8.42 Å². The molecule has 0 bridgehead atoms. The highest BCUT2D eigenvalue weighted by Gasteiger charge is 2.31. The summed E-state index contributed by atoms with van der Waals surface area (Å²) in [7, 11) is -3.13. The molecule has 0 radical (unpaired) electrons. The van der Waals surface area contributed by atoms with Gasteiger partial charge < -0.3 is 10.2 Å². The normalized spacial score (nSPS) is 19.2. The fourth-order valence-electron chi connectivity index (χ4n) is 2.74. The number of sulfone groups is 1. The Morgan fingerprint density at radius 2 is 2.00 bits per heavy atom. The SMILES string of the molecule is CC(=O)N(CCC(=O)NC1CCS(=O)(=O)C1)c1cccc(C(F)(F)F)c1. The van der Waals surface area contributed by atoms with E-state index in [0.717, 1.165) is 17.0 Å². The van der Waals surface area contributed by atoms with Crippen LogP contribution in [0.1, 0.15) is 25.3 Å². The summed E-state index contributed by atoms with van der Waals surface area (Å²) in [6.45, 7) is 1.09. The lowest BCUT2D eigenvalue weighted by Gasteiger charge is -2.22. The van der Waals surface area contributed by atoms with E-state index in [0.29, 0.717) is 6.42 Å². The number of nitrogens with one attached hydrogen (secondary N) is 1. The first-order chi connectivity index (χ1) is 12.0. The van der Waals surface area contributed by atoms with Crippen molar-refractivity contribution < 1.29 is 31.2 Å². The van der Waals surface area contributed by atoms with E-state index in [1.54, 1.807) is 0 Å². The minimum Gasteiger partial charge on any atom is -0.352 e. The van der Waals surface area contributed by atoms with Crippen LogP contribution >= 0.6 is 0 Å². The molecule has 1 unspecified atom stereocenters. The lowest BCUT2D eigenvalue weighted by Crippen LogP contribution is -2.38. The lowest BCUT2D eigenvalue weighted by atomic mass is 10.1. The number of carbonyl (C=O) groups excluding carboxylic acids is 2. The first kappa shape index (κ1) is 20.2. The summed E-state index contributed by atoms with van der Waals surface area (Å²) >= 11 is 0. The summed E-state index contributed by atoms with van der Waals surface area (Å²) in [5.74, 6) is -1.06. The number of anilines is 1. The van der Waals surface area contributed by atoms with E-state index in [-0.39, 0.29) is 30.2 Å². The van der Waals surface area contributed by atoms with Gasteiger partial charge in [-0.05, 0) is 24.6 Å². The summed E-state index contributed by atoms with van der Waals surface area (Å²) in [5.41, 5.74) is -0.842. The monoisotopic (exact) mass is 392 g/mol. The maximum absolute atomic E-state index is 12.8. The molecule has 0 saturated carbocycles. The Kier molecular flexibility index (Phi) is 5.94. The molecule has 1 fully saturated rings. The number of benzene rings is 1. The predicted molar refractivity (Wildman–Crippen MR) is 89.3 cm³/mol. The number of halogens is 3. The van der Waals surface area contributed by atoms with Gasteiger partial charge >= 0.3 is 6.18 Å². The van der Waals surface area contributed by atoms with Gasteiger partial charge in [0.15, 0.2) is 9.84 Å². The number of amides is 2. The van der Waals surface area contributed by atoms with E-state index in [2.05, 4.69) is 5.32 Å². The third-order valence-electron chi connectivity index (χ3n) is 4.03. The number of rotatable bonds is 5. The highest BCUT2D eigenvalue weighted by molar-refractivity contribution is 7.91. The van der Waals surface area contributed by atoms with Crippen LogP contribution in [0.3, 0.4) is 0 Å². The Bertz CT molecular complexity index is 793. The van der Waals surface area contributed by atoms with Gasteiger partial charge in [0, 0.05) is 31.6 Å². The number of alkyl halides is 3. The van der Waals surface area contributed by atoms with Crippen LogP contribution in [0.5, 0.6) is 0 Å². The van der Waals surface area contributed by atoms with Crippen molar-refractivity contribution in [3.63, 3.8) is 0 Å². The van der Waals surface area contributed by atoms with E-state index in [4.69, 9.17) is 0 Å². The molecule has 0 aromatic heterocycles. The summed E-state index contributed by atoms with van der Waals surface area (Å²) in [5, 5.41) is 2.58. The Balaban J connectivity index is 2.01. The van der Waals surface area contributed by atoms with Gasteiger partial charge in [0.05, 0.1) is 17.1 Å². The number of hydrogen-bond acceptors (Lipinski definition) is 4. The Labute approximate surface area is 149 Å². The maximum Gasteiger partial charge on any atom is 0.416 e. The largest absolute Gasteiger partial charge is 0.416 e. The minimum absolute atomic E-state index is 0.0156. The molecule has 1 saturated heterocycles. The fraction of sp³-hybridized carbons (Fsp3) is 0.500. The summed E-state index contributed by atoms with van der Waals surface area (Å²) in [4.78, 5) is 24.8. The molecule has 144 valence electrons. The topological polar surface area (TPSA) is 83.6 Å². The molecular formula is C16H19F3N2O4S. The second-order valence-corrected chi connectivity index (χ2v) is 8.36. The first-order valence-electron chi connectivity index (χ1n) is 7.93. The average Bonchev–Trinajstić information content (AvgIpc) is 2.85. The van der Waals surface area contributed by atoms with Gasteiger partial charge in [-0.15, -0.1) is 0 Å². The summed E-state index contributed by atoms with van der Waals surface area (Å²) in [6.07, 6.45) is -4.35.